The Morgan fingerprint density at radius 3 is 2.52 bits per heavy atom. The number of halogens is 1. The number of amides is 1. The van der Waals surface area contributed by atoms with Gasteiger partial charge in [-0.25, -0.2) is 4.79 Å². The van der Waals surface area contributed by atoms with Crippen molar-refractivity contribution in [1.29, 1.82) is 0 Å². The second-order valence-corrected chi connectivity index (χ2v) is 8.44. The fourth-order valence-electron chi connectivity index (χ4n) is 4.20. The number of carbonyl (C=O) groups is 3. The molecule has 0 saturated carbocycles. The van der Waals surface area contributed by atoms with Crippen LogP contribution in [-0.2, 0) is 30.4 Å². The molecule has 156 valence electrons. The number of carboxylic acid groups (broad SMARTS) is 1. The third-order valence-corrected chi connectivity index (χ3v) is 6.86. The third-order valence-electron chi connectivity index (χ3n) is 5.43. The summed E-state index contributed by atoms with van der Waals surface area (Å²) in [5.74, 6) is -2.33. The molecule has 1 N–H and O–H groups in total. The number of ether oxygens (including phenoxy) is 3. The summed E-state index contributed by atoms with van der Waals surface area (Å²) >= 11 is 2.07. The van der Waals surface area contributed by atoms with E-state index >= 15 is 0 Å². The van der Waals surface area contributed by atoms with Crippen molar-refractivity contribution >= 4 is 40.4 Å². The van der Waals surface area contributed by atoms with E-state index in [0.29, 0.717) is 5.75 Å². The van der Waals surface area contributed by atoms with Gasteiger partial charge in [-0.3, -0.25) is 9.59 Å². The van der Waals surface area contributed by atoms with E-state index < -0.39 is 42.0 Å². The van der Waals surface area contributed by atoms with Gasteiger partial charge in [-0.05, 0) is 17.7 Å². The molecule has 0 radical (unpaired) electrons. The fraction of sp³-hybridized carbons (Fsp3) is 0.450. The van der Waals surface area contributed by atoms with Crippen molar-refractivity contribution in [1.82, 2.24) is 4.90 Å². The van der Waals surface area contributed by atoms with Crippen molar-refractivity contribution in [2.45, 2.75) is 34.6 Å². The van der Waals surface area contributed by atoms with E-state index in [1.807, 2.05) is 0 Å². The first kappa shape index (κ1) is 21.6. The largest absolute Gasteiger partial charge is 0.497 e. The van der Waals surface area contributed by atoms with Gasteiger partial charge in [0.05, 0.1) is 36.6 Å². The van der Waals surface area contributed by atoms with Crippen LogP contribution in [0.25, 0.3) is 0 Å². The van der Waals surface area contributed by atoms with E-state index in [4.69, 9.17) is 14.2 Å². The van der Waals surface area contributed by atoms with Gasteiger partial charge in [0, 0.05) is 6.54 Å². The lowest BCUT2D eigenvalue weighted by Crippen LogP contribution is -2.53. The molecule has 9 heteroatoms. The van der Waals surface area contributed by atoms with Crippen molar-refractivity contribution in [3.8, 4) is 5.75 Å². The van der Waals surface area contributed by atoms with Crippen LogP contribution in [-0.4, -0.2) is 63.7 Å². The van der Waals surface area contributed by atoms with E-state index in [-0.39, 0.29) is 16.4 Å². The van der Waals surface area contributed by atoms with Gasteiger partial charge in [0.25, 0.3) is 0 Å². The van der Waals surface area contributed by atoms with Gasteiger partial charge >= 0.3 is 11.9 Å². The lowest BCUT2D eigenvalue weighted by atomic mass is 9.82. The molecule has 1 amide bonds. The van der Waals surface area contributed by atoms with Gasteiger partial charge in [-0.1, -0.05) is 40.8 Å². The maximum Gasteiger partial charge on any atom is 0.331 e. The van der Waals surface area contributed by atoms with E-state index in [0.717, 1.165) is 5.56 Å². The first-order chi connectivity index (χ1) is 13.8. The van der Waals surface area contributed by atoms with Crippen molar-refractivity contribution in [3.05, 3.63) is 42.5 Å². The number of hydrogen-bond acceptors (Lipinski definition) is 6. The van der Waals surface area contributed by atoms with Crippen LogP contribution in [0.15, 0.2) is 36.9 Å². The molecule has 0 aromatic heterocycles. The van der Waals surface area contributed by atoms with Gasteiger partial charge < -0.3 is 24.2 Å². The number of aliphatic carboxylic acids is 1. The van der Waals surface area contributed by atoms with Gasteiger partial charge in [0.2, 0.25) is 5.91 Å². The van der Waals surface area contributed by atoms with Crippen molar-refractivity contribution < 1.29 is 33.7 Å². The summed E-state index contributed by atoms with van der Waals surface area (Å²) in [7, 11) is 2.76. The minimum absolute atomic E-state index is 0.117. The minimum Gasteiger partial charge on any atom is -0.497 e. The Hall–Kier alpha value is -2.14. The van der Waals surface area contributed by atoms with Gasteiger partial charge in [-0.15, -0.1) is 6.58 Å². The predicted octanol–water partition coefficient (Wildman–Crippen LogP) is 1.80. The van der Waals surface area contributed by atoms with Gasteiger partial charge in [0.1, 0.15) is 11.4 Å². The normalized spacial score (nSPS) is 30.7. The monoisotopic (exact) mass is 515 g/mol. The second kappa shape index (κ2) is 8.31. The van der Waals surface area contributed by atoms with Crippen LogP contribution >= 0.6 is 22.6 Å². The molecule has 2 aliphatic rings. The Morgan fingerprint density at radius 2 is 2.00 bits per heavy atom. The predicted molar refractivity (Wildman–Crippen MR) is 111 cm³/mol. The molecule has 2 saturated heterocycles. The van der Waals surface area contributed by atoms with E-state index in [2.05, 4.69) is 29.2 Å². The summed E-state index contributed by atoms with van der Waals surface area (Å²) in [5.41, 5.74) is -0.753. The molecule has 1 aromatic rings. The van der Waals surface area contributed by atoms with E-state index in [9.17, 15) is 19.5 Å². The molecule has 3 rings (SSSR count). The average molecular weight is 515 g/mol. The summed E-state index contributed by atoms with van der Waals surface area (Å²) in [6, 6.07) is 5.90. The number of carbonyl (C=O) groups excluding carboxylic acids is 2. The zero-order chi connectivity index (χ0) is 21.3. The summed E-state index contributed by atoms with van der Waals surface area (Å²) in [4.78, 5) is 39.2. The van der Waals surface area contributed by atoms with Crippen molar-refractivity contribution in [2.24, 2.45) is 5.92 Å². The van der Waals surface area contributed by atoms with Crippen molar-refractivity contribution in [2.75, 3.05) is 14.2 Å². The molecule has 29 heavy (non-hydrogen) atoms. The Kier molecular flexibility index (Phi) is 6.18. The number of fused-ring (bicyclic) bond motifs is 1. The van der Waals surface area contributed by atoms with E-state index in [1.54, 1.807) is 31.4 Å². The smallest absolute Gasteiger partial charge is 0.331 e. The lowest BCUT2D eigenvalue weighted by Gasteiger charge is -2.34. The van der Waals surface area contributed by atoms with Gasteiger partial charge in [-0.2, -0.15) is 0 Å². The number of methoxy groups -OCH3 is 2. The Bertz CT molecular complexity index is 827. The molecule has 1 aromatic carbocycles. The van der Waals surface area contributed by atoms with Crippen LogP contribution in [0.5, 0.6) is 5.75 Å². The SMILES string of the molecule is C=C[C@@H]1O[C@@]2(CC(=O)O)[C@H](C(=O)OC)N(Cc3ccc(OC)cc3)C(=O)[C@H]2[C@@H]1I. The number of likely N-dealkylation sites (tertiary alicyclic amines) is 1. The number of carboxylic acids is 1. The Labute approximate surface area is 181 Å². The summed E-state index contributed by atoms with van der Waals surface area (Å²) in [6.45, 7) is 3.84. The highest BCUT2D eigenvalue weighted by molar-refractivity contribution is 14.1. The Balaban J connectivity index is 2.04. The number of alkyl halides is 1. The highest BCUT2D eigenvalue weighted by Gasteiger charge is 2.70. The first-order valence-electron chi connectivity index (χ1n) is 8.96. The zero-order valence-corrected chi connectivity index (χ0v) is 18.2. The molecular weight excluding hydrogens is 493 g/mol. The van der Waals surface area contributed by atoms with Crippen LogP contribution in [0.1, 0.15) is 12.0 Å². The second-order valence-electron chi connectivity index (χ2n) is 7.01. The summed E-state index contributed by atoms with van der Waals surface area (Å²) in [5, 5.41) is 9.55. The molecule has 2 aliphatic heterocycles. The zero-order valence-electron chi connectivity index (χ0n) is 16.0. The molecule has 0 unspecified atom stereocenters. The number of esters is 1. The maximum atomic E-state index is 13.4. The average Bonchev–Trinajstić information content (AvgIpc) is 3.10. The third kappa shape index (κ3) is 3.61. The highest BCUT2D eigenvalue weighted by Crippen LogP contribution is 2.52. The standard InChI is InChI=1S/C20H22INO7/c1-4-13-16(21)15-18(25)22(10-11-5-7-12(27-2)8-6-11)17(19(26)28-3)20(15,29-13)9-14(23)24/h4-8,13,15-17H,1,9-10H2,2-3H3,(H,23,24)/t13-,15+,16+,17-,20+/m0/s1. The molecule has 0 bridgehead atoms. The lowest BCUT2D eigenvalue weighted by molar-refractivity contribution is -0.163. The van der Waals surface area contributed by atoms with Crippen LogP contribution in [0, 0.1) is 5.92 Å². The highest BCUT2D eigenvalue weighted by atomic mass is 127. The molecule has 0 aliphatic carbocycles. The Morgan fingerprint density at radius 1 is 1.34 bits per heavy atom. The number of rotatable bonds is 7. The maximum absolute atomic E-state index is 13.4. The van der Waals surface area contributed by atoms with Crippen LogP contribution in [0.4, 0.5) is 0 Å². The fourth-order valence-corrected chi connectivity index (χ4v) is 5.55. The summed E-state index contributed by atoms with van der Waals surface area (Å²) < 4.78 is 15.8. The van der Waals surface area contributed by atoms with Crippen LogP contribution in [0.2, 0.25) is 0 Å². The van der Waals surface area contributed by atoms with Crippen molar-refractivity contribution in [3.63, 3.8) is 0 Å². The minimum atomic E-state index is -1.52. The molecule has 2 heterocycles. The van der Waals surface area contributed by atoms with Gasteiger partial charge in [0.15, 0.2) is 6.04 Å². The van der Waals surface area contributed by atoms with Crippen LogP contribution in [0.3, 0.4) is 0 Å². The molecule has 2 fully saturated rings. The molecule has 0 spiro atoms. The quantitative estimate of drug-likeness (QED) is 0.256. The number of nitrogens with zero attached hydrogens (tertiary/aromatic N) is 1. The van der Waals surface area contributed by atoms with E-state index in [1.165, 1.54) is 18.1 Å². The molecule has 5 atom stereocenters. The van der Waals surface area contributed by atoms with Crippen LogP contribution < -0.4 is 4.74 Å². The topological polar surface area (TPSA) is 102 Å². The first-order valence-corrected chi connectivity index (χ1v) is 10.2. The summed E-state index contributed by atoms with van der Waals surface area (Å²) in [6.07, 6.45) is 0.500. The number of benzene rings is 1. The molecule has 8 nitrogen and oxygen atoms in total. The molecular formula is C20H22INO7. The number of hydrogen-bond donors (Lipinski definition) is 1.